The Balaban J connectivity index is 2.12. The van der Waals surface area contributed by atoms with Gasteiger partial charge in [0, 0.05) is 11.3 Å². The summed E-state index contributed by atoms with van der Waals surface area (Å²) in [6.07, 6.45) is 14.2. The number of rotatable bonds is 3. The molecule has 0 amide bonds. The Morgan fingerprint density at radius 3 is 3.00 bits per heavy atom. The van der Waals surface area contributed by atoms with Crippen LogP contribution in [0.4, 0.5) is 0 Å². The molecule has 3 heteroatoms. The van der Waals surface area contributed by atoms with Crippen molar-refractivity contribution in [2.24, 2.45) is 5.92 Å². The fourth-order valence-electron chi connectivity index (χ4n) is 1.66. The van der Waals surface area contributed by atoms with E-state index in [9.17, 15) is 0 Å². The number of hydrogen-bond donors (Lipinski definition) is 0. The highest BCUT2D eigenvalue weighted by Crippen LogP contribution is 2.21. The molecule has 2 rings (SSSR count). The van der Waals surface area contributed by atoms with E-state index in [1.807, 2.05) is 19.1 Å². The summed E-state index contributed by atoms with van der Waals surface area (Å²) in [4.78, 5) is 4.40. The lowest BCUT2D eigenvalue weighted by Crippen LogP contribution is -1.98. The molecule has 1 atom stereocenters. The fourth-order valence-corrected chi connectivity index (χ4v) is 2.24. The van der Waals surface area contributed by atoms with Crippen LogP contribution in [0.5, 0.6) is 0 Å². The van der Waals surface area contributed by atoms with E-state index >= 15 is 0 Å². The smallest absolute Gasteiger partial charge is 0.0901 e. The zero-order chi connectivity index (χ0) is 12.1. The molecule has 0 aromatic carbocycles. The summed E-state index contributed by atoms with van der Waals surface area (Å²) in [6.45, 7) is 2.02. The molecule has 0 bridgehead atoms. The quantitative estimate of drug-likeness (QED) is 0.757. The first-order chi connectivity index (χ1) is 8.29. The lowest BCUT2D eigenvalue weighted by atomic mass is 9.95. The third-order valence-corrected chi connectivity index (χ3v) is 3.26. The molecule has 1 aromatic heterocycles. The molecule has 17 heavy (non-hydrogen) atoms. The average molecular weight is 245 g/mol. The van der Waals surface area contributed by atoms with E-state index in [2.05, 4.69) is 34.7 Å². The van der Waals surface area contributed by atoms with Crippen LogP contribution in [0.2, 0.25) is 0 Å². The summed E-state index contributed by atoms with van der Waals surface area (Å²) in [7, 11) is 1.67. The van der Waals surface area contributed by atoms with E-state index in [-0.39, 0.29) is 5.92 Å². The second-order valence-corrected chi connectivity index (χ2v) is 4.84. The van der Waals surface area contributed by atoms with Gasteiger partial charge < -0.3 is 4.74 Å². The van der Waals surface area contributed by atoms with Crippen molar-refractivity contribution >= 4 is 17.4 Å². The van der Waals surface area contributed by atoms with Crippen molar-refractivity contribution in [1.29, 1.82) is 0 Å². The van der Waals surface area contributed by atoms with Gasteiger partial charge in [-0.3, -0.25) is 0 Å². The Labute approximate surface area is 106 Å². The van der Waals surface area contributed by atoms with Gasteiger partial charge in [0.05, 0.1) is 24.1 Å². The van der Waals surface area contributed by atoms with Crippen LogP contribution in [0.1, 0.15) is 10.7 Å². The van der Waals surface area contributed by atoms with Gasteiger partial charge >= 0.3 is 0 Å². The Morgan fingerprint density at radius 2 is 2.29 bits per heavy atom. The zero-order valence-electron chi connectivity index (χ0n) is 9.96. The highest BCUT2D eigenvalue weighted by atomic mass is 32.1. The SMILES string of the molecule is CO/C=C1\C=CC=CC1/C=C/c1csc(C)n1. The molecule has 88 valence electrons. The number of allylic oxidation sites excluding steroid dienone is 6. The molecule has 1 heterocycles. The molecule has 0 fully saturated rings. The number of ether oxygens (including phenoxy) is 1. The van der Waals surface area contributed by atoms with Crippen molar-refractivity contribution in [2.45, 2.75) is 6.92 Å². The molecule has 2 nitrogen and oxygen atoms in total. The van der Waals surface area contributed by atoms with Crippen molar-refractivity contribution in [3.8, 4) is 0 Å². The van der Waals surface area contributed by atoms with Crippen molar-refractivity contribution in [1.82, 2.24) is 4.98 Å². The normalized spacial score (nSPS) is 21.5. The van der Waals surface area contributed by atoms with Gasteiger partial charge in [-0.2, -0.15) is 0 Å². The lowest BCUT2D eigenvalue weighted by molar-refractivity contribution is 0.333. The topological polar surface area (TPSA) is 22.1 Å². The van der Waals surface area contributed by atoms with Crippen molar-refractivity contribution in [3.05, 3.63) is 58.3 Å². The molecule has 1 unspecified atom stereocenters. The zero-order valence-corrected chi connectivity index (χ0v) is 10.8. The van der Waals surface area contributed by atoms with E-state index < -0.39 is 0 Å². The molecule has 0 aliphatic heterocycles. The molecule has 0 spiro atoms. The average Bonchev–Trinajstić information content (AvgIpc) is 2.74. The van der Waals surface area contributed by atoms with E-state index in [1.165, 1.54) is 0 Å². The third kappa shape index (κ3) is 3.17. The van der Waals surface area contributed by atoms with Crippen LogP contribution in [0.3, 0.4) is 0 Å². The molecular weight excluding hydrogens is 230 g/mol. The van der Waals surface area contributed by atoms with Gasteiger partial charge in [0.25, 0.3) is 0 Å². The molecule has 0 radical (unpaired) electrons. The van der Waals surface area contributed by atoms with Crippen LogP contribution in [0, 0.1) is 12.8 Å². The summed E-state index contributed by atoms with van der Waals surface area (Å²) in [5.41, 5.74) is 2.17. The van der Waals surface area contributed by atoms with Crippen LogP contribution >= 0.6 is 11.3 Å². The van der Waals surface area contributed by atoms with Gasteiger partial charge in [-0.25, -0.2) is 4.98 Å². The lowest BCUT2D eigenvalue weighted by Gasteiger charge is -2.11. The third-order valence-electron chi connectivity index (χ3n) is 2.47. The Kier molecular flexibility index (Phi) is 3.94. The maximum absolute atomic E-state index is 5.07. The maximum atomic E-state index is 5.07. The number of nitrogens with zero attached hydrogens (tertiary/aromatic N) is 1. The summed E-state index contributed by atoms with van der Waals surface area (Å²) in [5, 5.41) is 3.16. The number of methoxy groups -OCH3 is 1. The Morgan fingerprint density at radius 1 is 1.41 bits per heavy atom. The predicted molar refractivity (Wildman–Crippen MR) is 72.7 cm³/mol. The molecular formula is C14H15NOS. The second-order valence-electron chi connectivity index (χ2n) is 3.77. The molecule has 0 N–H and O–H groups in total. The van der Waals surface area contributed by atoms with Crippen molar-refractivity contribution < 1.29 is 4.74 Å². The number of thiazole rings is 1. The highest BCUT2D eigenvalue weighted by Gasteiger charge is 2.08. The van der Waals surface area contributed by atoms with Crippen LogP contribution in [-0.2, 0) is 4.74 Å². The Bertz CT molecular complexity index is 494. The van der Waals surface area contributed by atoms with Crippen LogP contribution in [0.25, 0.3) is 6.08 Å². The minimum Gasteiger partial charge on any atom is -0.504 e. The summed E-state index contributed by atoms with van der Waals surface area (Å²) in [5.74, 6) is 0.266. The summed E-state index contributed by atoms with van der Waals surface area (Å²) in [6, 6.07) is 0. The fraction of sp³-hybridized carbons (Fsp3) is 0.214. The molecule has 0 saturated carbocycles. The largest absolute Gasteiger partial charge is 0.504 e. The number of hydrogen-bond acceptors (Lipinski definition) is 3. The minimum absolute atomic E-state index is 0.266. The number of aromatic nitrogens is 1. The maximum Gasteiger partial charge on any atom is 0.0901 e. The van der Waals surface area contributed by atoms with E-state index in [0.29, 0.717) is 0 Å². The van der Waals surface area contributed by atoms with E-state index in [1.54, 1.807) is 24.7 Å². The highest BCUT2D eigenvalue weighted by molar-refractivity contribution is 7.09. The van der Waals surface area contributed by atoms with Gasteiger partial charge in [0.15, 0.2) is 0 Å². The number of aryl methyl sites for hydroxylation is 1. The molecule has 0 saturated heterocycles. The summed E-state index contributed by atoms with van der Waals surface area (Å²) < 4.78 is 5.07. The van der Waals surface area contributed by atoms with Crippen LogP contribution in [0.15, 0.2) is 47.6 Å². The predicted octanol–water partition coefficient (Wildman–Crippen LogP) is 3.74. The summed E-state index contributed by atoms with van der Waals surface area (Å²) >= 11 is 1.67. The van der Waals surface area contributed by atoms with Crippen molar-refractivity contribution in [2.75, 3.05) is 7.11 Å². The van der Waals surface area contributed by atoms with Gasteiger partial charge in [-0.05, 0) is 18.6 Å². The Hall–Kier alpha value is -1.61. The van der Waals surface area contributed by atoms with Crippen LogP contribution in [-0.4, -0.2) is 12.1 Å². The molecule has 1 aliphatic carbocycles. The first-order valence-corrected chi connectivity index (χ1v) is 6.35. The van der Waals surface area contributed by atoms with Gasteiger partial charge in [-0.15, -0.1) is 11.3 Å². The van der Waals surface area contributed by atoms with Gasteiger partial charge in [-0.1, -0.05) is 30.4 Å². The van der Waals surface area contributed by atoms with Gasteiger partial charge in [0.1, 0.15) is 0 Å². The van der Waals surface area contributed by atoms with E-state index in [0.717, 1.165) is 16.3 Å². The minimum atomic E-state index is 0.266. The first-order valence-electron chi connectivity index (χ1n) is 5.47. The molecule has 1 aromatic rings. The first kappa shape index (κ1) is 11.9. The standard InChI is InChI=1S/C14H15NOS/c1-11-15-14(10-17-11)8-7-12-5-3-4-6-13(12)9-16-2/h3-10,12H,1-2H3/b8-7+,13-9+. The van der Waals surface area contributed by atoms with Crippen LogP contribution < -0.4 is 0 Å². The monoisotopic (exact) mass is 245 g/mol. The van der Waals surface area contributed by atoms with E-state index in [4.69, 9.17) is 4.74 Å². The second kappa shape index (κ2) is 5.64. The molecule has 1 aliphatic rings. The van der Waals surface area contributed by atoms with Gasteiger partial charge in [0.2, 0.25) is 0 Å². The van der Waals surface area contributed by atoms with Crippen molar-refractivity contribution in [3.63, 3.8) is 0 Å².